The fraction of sp³-hybridized carbons (Fsp3) is 0.385. The van der Waals surface area contributed by atoms with E-state index in [2.05, 4.69) is 5.32 Å². The molecule has 18 heavy (non-hydrogen) atoms. The third-order valence-corrected chi connectivity index (χ3v) is 3.59. The number of ether oxygens (including phenoxy) is 1. The van der Waals surface area contributed by atoms with E-state index in [1.165, 1.54) is 4.90 Å². The molecule has 0 saturated carbocycles. The quantitative estimate of drug-likeness (QED) is 0.761. The Morgan fingerprint density at radius 1 is 1.17 bits per heavy atom. The predicted molar refractivity (Wildman–Crippen MR) is 64.4 cm³/mol. The SMILES string of the molecule is COC1CNCC1N1C(=O)c2ccccc2C1=O. The minimum absolute atomic E-state index is 0.132. The third kappa shape index (κ3) is 1.48. The van der Waals surface area contributed by atoms with Gasteiger partial charge in [0.1, 0.15) is 0 Å². The van der Waals surface area contributed by atoms with Crippen LogP contribution in [-0.2, 0) is 4.74 Å². The van der Waals surface area contributed by atoms with E-state index >= 15 is 0 Å². The van der Waals surface area contributed by atoms with Crippen LogP contribution in [0.25, 0.3) is 0 Å². The molecule has 0 radical (unpaired) electrons. The number of carbonyl (C=O) groups is 2. The van der Waals surface area contributed by atoms with Gasteiger partial charge in [-0.2, -0.15) is 0 Å². The predicted octanol–water partition coefficient (Wildman–Crippen LogP) is 0.269. The standard InChI is InChI=1S/C13H14N2O3/c1-18-11-7-14-6-10(11)15-12(16)8-4-2-3-5-9(8)13(15)17/h2-5,10-11,14H,6-7H2,1H3. The lowest BCUT2D eigenvalue weighted by Crippen LogP contribution is -2.47. The number of fused-ring (bicyclic) bond motifs is 1. The second-order valence-electron chi connectivity index (χ2n) is 4.53. The van der Waals surface area contributed by atoms with Crippen molar-refractivity contribution in [3.8, 4) is 0 Å². The van der Waals surface area contributed by atoms with Crippen molar-refractivity contribution in [1.82, 2.24) is 10.2 Å². The lowest BCUT2D eigenvalue weighted by atomic mass is 10.1. The Bertz CT molecular complexity index is 480. The van der Waals surface area contributed by atoms with Gasteiger partial charge in [-0.3, -0.25) is 14.5 Å². The molecular weight excluding hydrogens is 232 g/mol. The first-order chi connectivity index (χ1) is 8.74. The monoisotopic (exact) mass is 246 g/mol. The molecule has 0 aromatic heterocycles. The van der Waals surface area contributed by atoms with Crippen LogP contribution in [0.1, 0.15) is 20.7 Å². The van der Waals surface area contributed by atoms with Gasteiger partial charge in [-0.1, -0.05) is 12.1 Å². The first-order valence-electron chi connectivity index (χ1n) is 5.94. The summed E-state index contributed by atoms with van der Waals surface area (Å²) in [7, 11) is 1.60. The molecule has 5 nitrogen and oxygen atoms in total. The molecule has 94 valence electrons. The average molecular weight is 246 g/mol. The van der Waals surface area contributed by atoms with Crippen LogP contribution in [0, 0.1) is 0 Å². The van der Waals surface area contributed by atoms with Gasteiger partial charge >= 0.3 is 0 Å². The minimum atomic E-state index is -0.220. The maximum absolute atomic E-state index is 12.3. The molecule has 0 bridgehead atoms. The summed E-state index contributed by atoms with van der Waals surface area (Å²) in [5.74, 6) is -0.433. The number of amides is 2. The van der Waals surface area contributed by atoms with E-state index in [0.29, 0.717) is 24.2 Å². The van der Waals surface area contributed by atoms with Gasteiger partial charge in [0.25, 0.3) is 11.8 Å². The van der Waals surface area contributed by atoms with Gasteiger partial charge < -0.3 is 10.1 Å². The Kier molecular flexibility index (Phi) is 2.65. The van der Waals surface area contributed by atoms with Crippen molar-refractivity contribution in [1.29, 1.82) is 0 Å². The summed E-state index contributed by atoms with van der Waals surface area (Å²) in [6.45, 7) is 1.25. The van der Waals surface area contributed by atoms with Crippen molar-refractivity contribution < 1.29 is 14.3 Å². The first-order valence-corrected chi connectivity index (χ1v) is 5.94. The zero-order valence-electron chi connectivity index (χ0n) is 10.1. The van der Waals surface area contributed by atoms with Gasteiger partial charge in [0.2, 0.25) is 0 Å². The van der Waals surface area contributed by atoms with E-state index in [-0.39, 0.29) is 24.0 Å². The Hall–Kier alpha value is -1.72. The highest BCUT2D eigenvalue weighted by atomic mass is 16.5. The van der Waals surface area contributed by atoms with Gasteiger partial charge in [-0.25, -0.2) is 0 Å². The van der Waals surface area contributed by atoms with Crippen molar-refractivity contribution in [2.75, 3.05) is 20.2 Å². The molecule has 5 heteroatoms. The fourth-order valence-corrected chi connectivity index (χ4v) is 2.65. The van der Waals surface area contributed by atoms with Crippen LogP contribution in [-0.4, -0.2) is 49.1 Å². The van der Waals surface area contributed by atoms with Crippen molar-refractivity contribution in [3.05, 3.63) is 35.4 Å². The van der Waals surface area contributed by atoms with Crippen LogP contribution in [0.4, 0.5) is 0 Å². The molecule has 2 amide bonds. The molecule has 2 atom stereocenters. The van der Waals surface area contributed by atoms with Gasteiger partial charge in [0, 0.05) is 20.2 Å². The maximum Gasteiger partial charge on any atom is 0.261 e. The van der Waals surface area contributed by atoms with Crippen molar-refractivity contribution >= 4 is 11.8 Å². The summed E-state index contributed by atoms with van der Waals surface area (Å²) >= 11 is 0. The molecule has 1 saturated heterocycles. The minimum Gasteiger partial charge on any atom is -0.378 e. The molecule has 3 rings (SSSR count). The molecule has 2 unspecified atom stereocenters. The van der Waals surface area contributed by atoms with Crippen LogP contribution in [0.15, 0.2) is 24.3 Å². The smallest absolute Gasteiger partial charge is 0.261 e. The zero-order valence-corrected chi connectivity index (χ0v) is 10.1. The summed E-state index contributed by atoms with van der Waals surface area (Å²) in [5, 5.41) is 3.15. The highest BCUT2D eigenvalue weighted by molar-refractivity contribution is 6.21. The fourth-order valence-electron chi connectivity index (χ4n) is 2.65. The molecule has 1 aromatic rings. The second kappa shape index (κ2) is 4.19. The largest absolute Gasteiger partial charge is 0.378 e. The van der Waals surface area contributed by atoms with Crippen molar-refractivity contribution in [3.63, 3.8) is 0 Å². The molecule has 1 fully saturated rings. The first kappa shape index (κ1) is 11.4. The summed E-state index contributed by atoms with van der Waals surface area (Å²) in [4.78, 5) is 25.9. The lowest BCUT2D eigenvalue weighted by molar-refractivity contribution is 0.0334. The van der Waals surface area contributed by atoms with Crippen LogP contribution in [0.3, 0.4) is 0 Å². The van der Waals surface area contributed by atoms with Crippen molar-refractivity contribution in [2.24, 2.45) is 0 Å². The highest BCUT2D eigenvalue weighted by Crippen LogP contribution is 2.26. The average Bonchev–Trinajstić information content (AvgIpc) is 2.95. The Morgan fingerprint density at radius 2 is 1.78 bits per heavy atom. The number of hydrogen-bond acceptors (Lipinski definition) is 4. The number of methoxy groups -OCH3 is 1. The molecule has 0 spiro atoms. The number of imide groups is 1. The Balaban J connectivity index is 1.97. The number of nitrogens with one attached hydrogen (secondary N) is 1. The van der Waals surface area contributed by atoms with Crippen LogP contribution in [0.2, 0.25) is 0 Å². The van der Waals surface area contributed by atoms with Crippen LogP contribution in [0.5, 0.6) is 0 Å². The van der Waals surface area contributed by atoms with Gasteiger partial charge in [-0.15, -0.1) is 0 Å². The summed E-state index contributed by atoms with van der Waals surface area (Å²) < 4.78 is 5.32. The van der Waals surface area contributed by atoms with E-state index in [1.807, 2.05) is 0 Å². The Labute approximate surface area is 105 Å². The van der Waals surface area contributed by atoms with Crippen LogP contribution >= 0.6 is 0 Å². The summed E-state index contributed by atoms with van der Waals surface area (Å²) in [5.41, 5.74) is 0.980. The van der Waals surface area contributed by atoms with Gasteiger partial charge in [-0.05, 0) is 12.1 Å². The third-order valence-electron chi connectivity index (χ3n) is 3.59. The molecule has 2 aliphatic rings. The lowest BCUT2D eigenvalue weighted by Gasteiger charge is -2.25. The molecule has 1 N–H and O–H groups in total. The molecule has 1 aromatic carbocycles. The van der Waals surface area contributed by atoms with Gasteiger partial charge in [0.05, 0.1) is 23.3 Å². The van der Waals surface area contributed by atoms with E-state index in [0.717, 1.165) is 0 Å². The highest BCUT2D eigenvalue weighted by Gasteiger charge is 2.44. The van der Waals surface area contributed by atoms with E-state index in [9.17, 15) is 9.59 Å². The molecule has 0 aliphatic carbocycles. The second-order valence-corrected chi connectivity index (χ2v) is 4.53. The van der Waals surface area contributed by atoms with Crippen LogP contribution < -0.4 is 5.32 Å². The number of nitrogens with zero attached hydrogens (tertiary/aromatic N) is 1. The topological polar surface area (TPSA) is 58.6 Å². The van der Waals surface area contributed by atoms with E-state index < -0.39 is 0 Å². The molecule has 2 aliphatic heterocycles. The van der Waals surface area contributed by atoms with Crippen molar-refractivity contribution in [2.45, 2.75) is 12.1 Å². The number of carbonyl (C=O) groups excluding carboxylic acids is 2. The Morgan fingerprint density at radius 3 is 2.33 bits per heavy atom. The molecule has 2 heterocycles. The zero-order chi connectivity index (χ0) is 12.7. The summed E-state index contributed by atoms with van der Waals surface area (Å²) in [6.07, 6.45) is -0.132. The number of hydrogen-bond donors (Lipinski definition) is 1. The normalized spacial score (nSPS) is 26.8. The van der Waals surface area contributed by atoms with E-state index in [4.69, 9.17) is 4.74 Å². The summed E-state index contributed by atoms with van der Waals surface area (Å²) in [6, 6.07) is 6.71. The number of rotatable bonds is 2. The maximum atomic E-state index is 12.3. The molecular formula is C13H14N2O3. The van der Waals surface area contributed by atoms with E-state index in [1.54, 1.807) is 31.4 Å². The van der Waals surface area contributed by atoms with Gasteiger partial charge in [0.15, 0.2) is 0 Å². The number of benzene rings is 1.